The highest BCUT2D eigenvalue weighted by molar-refractivity contribution is 7.89. The predicted octanol–water partition coefficient (Wildman–Crippen LogP) is 1.01. The van der Waals surface area contributed by atoms with Crippen LogP contribution in [-0.2, 0) is 10.0 Å². The zero-order chi connectivity index (χ0) is 14.0. The van der Waals surface area contributed by atoms with E-state index in [9.17, 15) is 8.42 Å². The summed E-state index contributed by atoms with van der Waals surface area (Å²) in [6.07, 6.45) is 0.858. The molecule has 0 amide bonds. The first kappa shape index (κ1) is 14.5. The van der Waals surface area contributed by atoms with E-state index in [0.717, 1.165) is 26.1 Å². The van der Waals surface area contributed by atoms with Crippen LogP contribution in [0.15, 0.2) is 9.42 Å². The van der Waals surface area contributed by atoms with Gasteiger partial charge < -0.3 is 9.42 Å². The van der Waals surface area contributed by atoms with E-state index in [0.29, 0.717) is 24.5 Å². The molecule has 108 valence electrons. The summed E-state index contributed by atoms with van der Waals surface area (Å²) in [6, 6.07) is 0. The molecule has 2 rings (SSSR count). The summed E-state index contributed by atoms with van der Waals surface area (Å²) < 4.78 is 31.8. The normalized spacial score (nSPS) is 19.5. The van der Waals surface area contributed by atoms with Gasteiger partial charge in [-0.1, -0.05) is 12.1 Å². The average Bonchev–Trinajstić information content (AvgIpc) is 2.59. The molecule has 0 aromatic carbocycles. The van der Waals surface area contributed by atoms with E-state index in [1.165, 1.54) is 0 Å². The maximum atomic E-state index is 12.6. The third-order valence-electron chi connectivity index (χ3n) is 3.56. The summed E-state index contributed by atoms with van der Waals surface area (Å²) in [6.45, 7) is 9.17. The monoisotopic (exact) mass is 287 g/mol. The van der Waals surface area contributed by atoms with Crippen LogP contribution >= 0.6 is 0 Å². The molecule has 0 N–H and O–H groups in total. The third-order valence-corrected chi connectivity index (χ3v) is 5.70. The summed E-state index contributed by atoms with van der Waals surface area (Å²) in [5.74, 6) is 0.370. The molecule has 0 aliphatic carbocycles. The zero-order valence-corrected chi connectivity index (χ0v) is 12.5. The largest absolute Gasteiger partial charge is 0.360 e. The van der Waals surface area contributed by atoms with E-state index >= 15 is 0 Å². The Bertz CT molecular complexity index is 519. The topological polar surface area (TPSA) is 66.7 Å². The number of rotatable bonds is 3. The van der Waals surface area contributed by atoms with Crippen LogP contribution in [0.2, 0.25) is 0 Å². The Morgan fingerprint density at radius 1 is 1.21 bits per heavy atom. The minimum Gasteiger partial charge on any atom is -0.360 e. The molecule has 19 heavy (non-hydrogen) atoms. The number of sulfonamides is 1. The predicted molar refractivity (Wildman–Crippen MR) is 71.5 cm³/mol. The highest BCUT2D eigenvalue weighted by Gasteiger charge is 2.31. The summed E-state index contributed by atoms with van der Waals surface area (Å²) >= 11 is 0. The highest BCUT2D eigenvalue weighted by Crippen LogP contribution is 2.24. The average molecular weight is 287 g/mol. The van der Waals surface area contributed by atoms with Gasteiger partial charge in [0.2, 0.25) is 10.0 Å². The maximum absolute atomic E-state index is 12.6. The lowest BCUT2D eigenvalue weighted by atomic mass is 10.4. The van der Waals surface area contributed by atoms with Crippen molar-refractivity contribution in [2.45, 2.75) is 32.1 Å². The van der Waals surface area contributed by atoms with Gasteiger partial charge in [0.1, 0.15) is 10.6 Å². The van der Waals surface area contributed by atoms with Crippen LogP contribution in [0.5, 0.6) is 0 Å². The Morgan fingerprint density at radius 2 is 1.95 bits per heavy atom. The molecule has 0 saturated carbocycles. The van der Waals surface area contributed by atoms with Crippen LogP contribution in [0.4, 0.5) is 0 Å². The molecule has 0 bridgehead atoms. The molecule has 1 aliphatic rings. The van der Waals surface area contributed by atoms with Crippen LogP contribution in [0.1, 0.15) is 24.8 Å². The summed E-state index contributed by atoms with van der Waals surface area (Å²) in [5, 5.41) is 3.74. The van der Waals surface area contributed by atoms with Crippen LogP contribution < -0.4 is 0 Å². The standard InChI is InChI=1S/C12H21N3O3S/c1-4-14-6-5-7-15(9-8-14)19(16,17)12-10(2)13-18-11(12)3/h4-9H2,1-3H3. The van der Waals surface area contributed by atoms with E-state index in [1.54, 1.807) is 18.2 Å². The molecule has 1 aliphatic heterocycles. The molecular formula is C12H21N3O3S. The first-order chi connectivity index (χ1) is 8.96. The van der Waals surface area contributed by atoms with Crippen molar-refractivity contribution in [3.05, 3.63) is 11.5 Å². The molecule has 1 aromatic heterocycles. The molecule has 0 radical (unpaired) electrons. The SMILES string of the molecule is CCN1CCCN(S(=O)(=O)c2c(C)noc2C)CC1. The molecule has 1 fully saturated rings. The second kappa shape index (κ2) is 5.60. The molecule has 6 nitrogen and oxygen atoms in total. The second-order valence-electron chi connectivity index (χ2n) is 4.85. The minimum absolute atomic E-state index is 0.234. The van der Waals surface area contributed by atoms with E-state index in [-0.39, 0.29) is 4.90 Å². The summed E-state index contributed by atoms with van der Waals surface area (Å²) in [4.78, 5) is 2.50. The van der Waals surface area contributed by atoms with Gasteiger partial charge in [-0.2, -0.15) is 4.31 Å². The Morgan fingerprint density at radius 3 is 2.53 bits per heavy atom. The van der Waals surface area contributed by atoms with Crippen LogP contribution in [0.25, 0.3) is 0 Å². The van der Waals surface area contributed by atoms with Crippen molar-refractivity contribution >= 4 is 10.0 Å². The Labute approximate surface area is 114 Å². The third kappa shape index (κ3) is 2.82. The Kier molecular flexibility index (Phi) is 4.27. The van der Waals surface area contributed by atoms with Crippen LogP contribution in [-0.4, -0.2) is 55.5 Å². The lowest BCUT2D eigenvalue weighted by Crippen LogP contribution is -2.35. The van der Waals surface area contributed by atoms with E-state index in [2.05, 4.69) is 17.0 Å². The van der Waals surface area contributed by atoms with Gasteiger partial charge in [-0.05, 0) is 33.4 Å². The number of aryl methyl sites for hydroxylation is 2. The maximum Gasteiger partial charge on any atom is 0.248 e. The van der Waals surface area contributed by atoms with Gasteiger partial charge in [0.15, 0.2) is 5.76 Å². The fraction of sp³-hybridized carbons (Fsp3) is 0.750. The van der Waals surface area contributed by atoms with Crippen molar-refractivity contribution in [2.75, 3.05) is 32.7 Å². The van der Waals surface area contributed by atoms with E-state index in [1.807, 2.05) is 0 Å². The van der Waals surface area contributed by atoms with Crippen LogP contribution in [0.3, 0.4) is 0 Å². The van der Waals surface area contributed by atoms with Gasteiger partial charge in [0.05, 0.1) is 0 Å². The number of aromatic nitrogens is 1. The van der Waals surface area contributed by atoms with Crippen molar-refractivity contribution in [1.82, 2.24) is 14.4 Å². The Balaban J connectivity index is 2.25. The minimum atomic E-state index is -3.48. The molecule has 0 atom stereocenters. The molecule has 0 spiro atoms. The van der Waals surface area contributed by atoms with Crippen molar-refractivity contribution in [3.63, 3.8) is 0 Å². The number of hydrogen-bond donors (Lipinski definition) is 0. The fourth-order valence-corrected chi connectivity index (χ4v) is 4.24. The molecule has 7 heteroatoms. The molecular weight excluding hydrogens is 266 g/mol. The smallest absolute Gasteiger partial charge is 0.248 e. The fourth-order valence-electron chi connectivity index (χ4n) is 2.48. The van der Waals surface area contributed by atoms with Crippen molar-refractivity contribution in [2.24, 2.45) is 0 Å². The first-order valence-electron chi connectivity index (χ1n) is 6.62. The van der Waals surface area contributed by atoms with Gasteiger partial charge >= 0.3 is 0 Å². The Hall–Kier alpha value is -0.920. The quantitative estimate of drug-likeness (QED) is 0.830. The molecule has 0 unspecified atom stereocenters. The molecule has 2 heterocycles. The summed E-state index contributed by atoms with van der Waals surface area (Å²) in [7, 11) is -3.48. The van der Waals surface area contributed by atoms with Crippen molar-refractivity contribution in [1.29, 1.82) is 0 Å². The summed E-state index contributed by atoms with van der Waals surface area (Å²) in [5.41, 5.74) is 0.439. The first-order valence-corrected chi connectivity index (χ1v) is 8.06. The van der Waals surface area contributed by atoms with E-state index in [4.69, 9.17) is 4.52 Å². The van der Waals surface area contributed by atoms with Gasteiger partial charge in [0, 0.05) is 19.6 Å². The zero-order valence-electron chi connectivity index (χ0n) is 11.7. The van der Waals surface area contributed by atoms with Gasteiger partial charge in [-0.3, -0.25) is 0 Å². The van der Waals surface area contributed by atoms with Gasteiger partial charge in [-0.15, -0.1) is 0 Å². The van der Waals surface area contributed by atoms with Crippen LogP contribution in [0, 0.1) is 13.8 Å². The van der Waals surface area contributed by atoms with Gasteiger partial charge in [-0.25, -0.2) is 8.42 Å². The lowest BCUT2D eigenvalue weighted by molar-refractivity contribution is 0.301. The van der Waals surface area contributed by atoms with Crippen molar-refractivity contribution < 1.29 is 12.9 Å². The number of likely N-dealkylation sites (N-methyl/N-ethyl adjacent to an activating group) is 1. The highest BCUT2D eigenvalue weighted by atomic mass is 32.2. The molecule has 1 saturated heterocycles. The number of hydrogen-bond acceptors (Lipinski definition) is 5. The van der Waals surface area contributed by atoms with E-state index < -0.39 is 10.0 Å². The number of nitrogens with zero attached hydrogens (tertiary/aromatic N) is 3. The lowest BCUT2D eigenvalue weighted by Gasteiger charge is -2.20. The van der Waals surface area contributed by atoms with Gasteiger partial charge in [0.25, 0.3) is 0 Å². The molecule has 1 aromatic rings. The second-order valence-corrected chi connectivity index (χ2v) is 6.72. The van der Waals surface area contributed by atoms with Crippen molar-refractivity contribution in [3.8, 4) is 0 Å².